The molecule has 2 aliphatic carbocycles. The molecule has 0 aromatic carbocycles. The Bertz CT molecular complexity index is 1080. The summed E-state index contributed by atoms with van der Waals surface area (Å²) in [5, 5.41) is 3.87. The molecule has 35 heavy (non-hydrogen) atoms. The third-order valence-electron chi connectivity index (χ3n) is 8.45. The Morgan fingerprint density at radius 2 is 1.83 bits per heavy atom. The van der Waals surface area contributed by atoms with E-state index in [9.17, 15) is 4.39 Å². The number of aromatic nitrogens is 3. The highest BCUT2D eigenvalue weighted by atomic mass is 35.5. The molecule has 4 rings (SSSR count). The van der Waals surface area contributed by atoms with Crippen LogP contribution in [-0.2, 0) is 4.43 Å². The lowest BCUT2D eigenvalue weighted by Crippen LogP contribution is -2.54. The van der Waals surface area contributed by atoms with Crippen LogP contribution in [0.15, 0.2) is 6.20 Å². The van der Waals surface area contributed by atoms with E-state index in [1.165, 1.54) is 12.6 Å². The van der Waals surface area contributed by atoms with Gasteiger partial charge in [0, 0.05) is 30.3 Å². The Morgan fingerprint density at radius 1 is 1.14 bits per heavy atom. The highest BCUT2D eigenvalue weighted by Gasteiger charge is 2.47. The zero-order chi connectivity index (χ0) is 25.6. The number of hydrogen-bond donors (Lipinski definition) is 1. The van der Waals surface area contributed by atoms with Crippen molar-refractivity contribution in [1.82, 2.24) is 19.9 Å². The van der Waals surface area contributed by atoms with E-state index in [4.69, 9.17) is 20.8 Å². The van der Waals surface area contributed by atoms with Crippen molar-refractivity contribution in [3.8, 4) is 6.01 Å². The van der Waals surface area contributed by atoms with Gasteiger partial charge in [0.05, 0.1) is 12.0 Å². The number of ether oxygens (including phenoxy) is 1. The first-order valence-electron chi connectivity index (χ1n) is 12.5. The van der Waals surface area contributed by atoms with Crippen molar-refractivity contribution < 1.29 is 13.6 Å². The van der Waals surface area contributed by atoms with Crippen molar-refractivity contribution in [3.05, 3.63) is 17.2 Å². The minimum absolute atomic E-state index is 0.0310. The van der Waals surface area contributed by atoms with Crippen LogP contribution in [0.25, 0.3) is 10.9 Å². The van der Waals surface area contributed by atoms with E-state index < -0.39 is 14.1 Å². The topological polar surface area (TPSA) is 72.4 Å². The second kappa shape index (κ2) is 9.39. The van der Waals surface area contributed by atoms with E-state index in [1.807, 2.05) is 0 Å². The van der Waals surface area contributed by atoms with Crippen LogP contribution >= 0.6 is 11.6 Å². The number of pyridine rings is 1. The lowest BCUT2D eigenvalue weighted by molar-refractivity contribution is 0.0738. The average molecular weight is 524 g/mol. The Kier molecular flexibility index (Phi) is 7.11. The van der Waals surface area contributed by atoms with Crippen LogP contribution in [0.5, 0.6) is 6.01 Å². The van der Waals surface area contributed by atoms with Crippen LogP contribution in [-0.4, -0.2) is 67.6 Å². The number of anilines is 1. The molecule has 0 aliphatic heterocycles. The Labute approximate surface area is 214 Å². The molecule has 2 aromatic heterocycles. The van der Waals surface area contributed by atoms with Crippen molar-refractivity contribution >= 4 is 36.6 Å². The lowest BCUT2D eigenvalue weighted by atomic mass is 9.75. The molecule has 0 radical (unpaired) electrons. The van der Waals surface area contributed by atoms with Gasteiger partial charge in [0.15, 0.2) is 19.3 Å². The predicted octanol–water partition coefficient (Wildman–Crippen LogP) is 5.89. The number of fused-ring (bicyclic) bond motifs is 1. The summed E-state index contributed by atoms with van der Waals surface area (Å²) in [6.45, 7) is 13.0. The Hall–Kier alpha value is -1.55. The maximum Gasteiger partial charge on any atom is 0.319 e. The molecule has 2 saturated carbocycles. The van der Waals surface area contributed by atoms with Gasteiger partial charge in [-0.2, -0.15) is 9.97 Å². The molecule has 0 bridgehead atoms. The fraction of sp³-hybridized carbons (Fsp3) is 0.720. The maximum atomic E-state index is 14.9. The van der Waals surface area contributed by atoms with Crippen molar-refractivity contribution in [1.29, 1.82) is 0 Å². The summed E-state index contributed by atoms with van der Waals surface area (Å²) in [5.41, 5.74) is 0.152. The summed E-state index contributed by atoms with van der Waals surface area (Å²) in [7, 11) is 2.34. The van der Waals surface area contributed by atoms with E-state index in [-0.39, 0.29) is 32.7 Å². The lowest BCUT2D eigenvalue weighted by Gasteiger charge is -2.47. The van der Waals surface area contributed by atoms with Gasteiger partial charge in [-0.25, -0.2) is 9.37 Å². The van der Waals surface area contributed by atoms with Gasteiger partial charge in [-0.15, -0.1) is 0 Å². The zero-order valence-corrected chi connectivity index (χ0v) is 23.9. The molecule has 2 aliphatic rings. The van der Waals surface area contributed by atoms with Crippen molar-refractivity contribution in [2.24, 2.45) is 5.41 Å². The number of halogens is 2. The molecular formula is C25H39ClFN5O2Si. The van der Waals surface area contributed by atoms with Crippen LogP contribution in [0.1, 0.15) is 52.9 Å². The SMILES string of the molecule is CN(C)C1(CNc2nc(OCC3(CO[Si](C)(C)C(C)(C)C)CC3)nc3c(F)c(Cl)ncc23)CCC1. The second-order valence-electron chi connectivity index (χ2n) is 12.1. The highest BCUT2D eigenvalue weighted by Crippen LogP contribution is 2.48. The smallest absolute Gasteiger partial charge is 0.319 e. The maximum absolute atomic E-state index is 14.9. The van der Waals surface area contributed by atoms with Crippen LogP contribution in [0.4, 0.5) is 10.2 Å². The average Bonchev–Trinajstić information content (AvgIpc) is 3.52. The van der Waals surface area contributed by atoms with E-state index in [2.05, 4.69) is 73.1 Å². The summed E-state index contributed by atoms with van der Waals surface area (Å²) in [5.74, 6) is -0.142. The van der Waals surface area contributed by atoms with Gasteiger partial charge < -0.3 is 19.4 Å². The standard InChI is InChI=1S/C25H39ClFN5O2Si/c1-23(2,3)35(6,7)34-16-24(11-12-24)15-33-22-30-19-17(13-28-20(26)18(19)27)21(31-22)29-14-25(32(4)5)9-8-10-25/h13H,8-12,14-16H2,1-7H3,(H,29,30,31). The molecule has 0 spiro atoms. The molecule has 7 nitrogen and oxygen atoms in total. The Morgan fingerprint density at radius 3 is 2.37 bits per heavy atom. The number of likely N-dealkylation sites (N-methyl/N-ethyl adjacent to an activating group) is 1. The molecule has 1 N–H and O–H groups in total. The highest BCUT2D eigenvalue weighted by molar-refractivity contribution is 6.74. The molecule has 0 saturated heterocycles. The molecule has 2 fully saturated rings. The normalized spacial score (nSPS) is 19.0. The van der Waals surface area contributed by atoms with Crippen molar-refractivity contribution in [2.45, 2.75) is 76.5 Å². The quantitative estimate of drug-likeness (QED) is 0.307. The molecule has 194 valence electrons. The molecule has 0 unspecified atom stereocenters. The van der Waals surface area contributed by atoms with Gasteiger partial charge in [0.25, 0.3) is 0 Å². The monoisotopic (exact) mass is 523 g/mol. The number of rotatable bonds is 10. The summed E-state index contributed by atoms with van der Waals surface area (Å²) in [6.07, 6.45) is 7.00. The molecule has 2 aromatic rings. The minimum atomic E-state index is -1.85. The first-order valence-corrected chi connectivity index (χ1v) is 15.8. The minimum Gasteiger partial charge on any atom is -0.463 e. The zero-order valence-electron chi connectivity index (χ0n) is 22.1. The molecule has 0 amide bonds. The van der Waals surface area contributed by atoms with Gasteiger partial charge in [-0.1, -0.05) is 32.4 Å². The first-order chi connectivity index (χ1) is 16.3. The van der Waals surface area contributed by atoms with Gasteiger partial charge in [0.1, 0.15) is 11.3 Å². The fourth-order valence-electron chi connectivity index (χ4n) is 4.10. The van der Waals surface area contributed by atoms with Crippen molar-refractivity contribution in [2.75, 3.05) is 39.2 Å². The van der Waals surface area contributed by atoms with Gasteiger partial charge in [0.2, 0.25) is 0 Å². The number of nitrogens with one attached hydrogen (secondary N) is 1. The van der Waals surface area contributed by atoms with E-state index in [0.29, 0.717) is 31.0 Å². The summed E-state index contributed by atoms with van der Waals surface area (Å²) < 4.78 is 27.4. The summed E-state index contributed by atoms with van der Waals surface area (Å²) in [6, 6.07) is 0.146. The fourth-order valence-corrected chi connectivity index (χ4v) is 5.34. The third-order valence-corrected chi connectivity index (χ3v) is 13.2. The molecular weight excluding hydrogens is 485 g/mol. The van der Waals surface area contributed by atoms with E-state index >= 15 is 0 Å². The van der Waals surface area contributed by atoms with Gasteiger partial charge >= 0.3 is 6.01 Å². The largest absolute Gasteiger partial charge is 0.463 e. The van der Waals surface area contributed by atoms with Crippen LogP contribution in [0, 0.1) is 11.2 Å². The first kappa shape index (κ1) is 26.5. The summed E-state index contributed by atoms with van der Waals surface area (Å²) >= 11 is 5.97. The number of nitrogens with zero attached hydrogens (tertiary/aromatic N) is 4. The number of hydrogen-bond acceptors (Lipinski definition) is 7. The third kappa shape index (κ3) is 5.43. The second-order valence-corrected chi connectivity index (χ2v) is 17.3. The predicted molar refractivity (Wildman–Crippen MR) is 141 cm³/mol. The van der Waals surface area contributed by atoms with Gasteiger partial charge in [-0.05, 0) is 64.3 Å². The van der Waals surface area contributed by atoms with Crippen LogP contribution in [0.2, 0.25) is 23.3 Å². The van der Waals surface area contributed by atoms with Crippen LogP contribution < -0.4 is 10.1 Å². The van der Waals surface area contributed by atoms with Gasteiger partial charge in [-0.3, -0.25) is 0 Å². The summed E-state index contributed by atoms with van der Waals surface area (Å²) in [4.78, 5) is 15.2. The van der Waals surface area contributed by atoms with E-state index in [0.717, 1.165) is 25.7 Å². The van der Waals surface area contributed by atoms with Crippen LogP contribution in [0.3, 0.4) is 0 Å². The van der Waals surface area contributed by atoms with E-state index in [1.54, 1.807) is 0 Å². The molecule has 0 atom stereocenters. The molecule has 10 heteroatoms. The molecule has 2 heterocycles. The van der Waals surface area contributed by atoms with Crippen molar-refractivity contribution in [3.63, 3.8) is 0 Å². The Balaban J connectivity index is 1.52.